The third kappa shape index (κ3) is 5.91. The molecule has 1 unspecified atom stereocenters. The average molecular weight is 521 g/mol. The van der Waals surface area contributed by atoms with Crippen LogP contribution in [0.4, 0.5) is 5.69 Å². The second-order valence-electron chi connectivity index (χ2n) is 9.47. The standard InChI is InChI=1S/C27H32N6O3S/c1-18(2)25(23-17-33(37(3,35)36)24-9-5-4-8-22(23)24)31-27(29)30-15-19-7-6-14-32(16-19)26(34)20-10-12-21(28)13-11-20/h4-5,8-13,17,19H,1,6-7,14-16,28H2,2-3H3,(H2,29,30)/b31-25+. The molecule has 2 heterocycles. The number of nitrogen functional groups attached to an aromatic ring is 1. The fraction of sp³-hybridized carbons (Fsp3) is 0.296. The van der Waals surface area contributed by atoms with E-state index < -0.39 is 10.0 Å². The van der Waals surface area contributed by atoms with Crippen LogP contribution < -0.4 is 11.1 Å². The maximum atomic E-state index is 12.9. The number of nitrogens with zero attached hydrogens (tertiary/aromatic N) is 3. The first-order valence-electron chi connectivity index (χ1n) is 12.1. The van der Waals surface area contributed by atoms with Gasteiger partial charge in [0.25, 0.3) is 5.91 Å². The monoisotopic (exact) mass is 520 g/mol. The molecular weight excluding hydrogens is 488 g/mol. The Bertz CT molecular complexity index is 1490. The number of allylic oxidation sites excluding steroid dienone is 1. The Labute approximate surface area is 217 Å². The highest BCUT2D eigenvalue weighted by atomic mass is 32.2. The highest BCUT2D eigenvalue weighted by molar-refractivity contribution is 7.89. The minimum atomic E-state index is -3.53. The van der Waals surface area contributed by atoms with Gasteiger partial charge in [-0.1, -0.05) is 24.8 Å². The van der Waals surface area contributed by atoms with Crippen molar-refractivity contribution in [3.8, 4) is 0 Å². The van der Waals surface area contributed by atoms with Crippen LogP contribution in [0.3, 0.4) is 0 Å². The number of carbonyl (C=O) groups excluding carboxylic acids is 1. The number of rotatable bonds is 6. The zero-order chi connectivity index (χ0) is 26.7. The zero-order valence-corrected chi connectivity index (χ0v) is 21.9. The van der Waals surface area contributed by atoms with Gasteiger partial charge in [-0.15, -0.1) is 0 Å². The van der Waals surface area contributed by atoms with Crippen LogP contribution in [-0.4, -0.2) is 60.8 Å². The molecule has 4 N–H and O–H groups in total. The van der Waals surface area contributed by atoms with Crippen LogP contribution in [0.15, 0.2) is 71.9 Å². The number of aliphatic imine (C=N–C) groups is 1. The second-order valence-corrected chi connectivity index (χ2v) is 11.3. The topological polar surface area (TPSA) is 134 Å². The van der Waals surface area contributed by atoms with Gasteiger partial charge in [-0.3, -0.25) is 10.2 Å². The number of anilines is 1. The molecule has 4 rings (SSSR count). The SMILES string of the molecule is C=C(C)/C(=N\C(=N)NCC1CCCN(C(=O)c2ccc(N)cc2)C1)c1cn(S(C)(=O)=O)c2ccccc12. The Morgan fingerprint density at radius 1 is 1.22 bits per heavy atom. The maximum Gasteiger partial charge on any atom is 0.253 e. The molecule has 1 aliphatic rings. The number of aromatic nitrogens is 1. The summed E-state index contributed by atoms with van der Waals surface area (Å²) < 4.78 is 25.9. The number of guanidine groups is 1. The number of piperidine rings is 1. The van der Waals surface area contributed by atoms with Gasteiger partial charge in [0.15, 0.2) is 0 Å². The van der Waals surface area contributed by atoms with Crippen molar-refractivity contribution in [1.82, 2.24) is 14.2 Å². The molecule has 10 heteroatoms. The molecule has 1 fully saturated rings. The van der Waals surface area contributed by atoms with E-state index in [0.29, 0.717) is 58.6 Å². The molecule has 1 aromatic heterocycles. The van der Waals surface area contributed by atoms with Crippen molar-refractivity contribution in [3.05, 3.63) is 78.0 Å². The average Bonchev–Trinajstić information content (AvgIpc) is 3.26. The Morgan fingerprint density at radius 2 is 1.92 bits per heavy atom. The largest absolute Gasteiger partial charge is 0.399 e. The molecule has 1 aliphatic heterocycles. The first kappa shape index (κ1) is 26.2. The highest BCUT2D eigenvalue weighted by Gasteiger charge is 2.25. The molecular formula is C27H32N6O3S. The summed E-state index contributed by atoms with van der Waals surface area (Å²) in [5.41, 5.74) is 9.16. The van der Waals surface area contributed by atoms with E-state index in [1.165, 1.54) is 10.2 Å². The summed E-state index contributed by atoms with van der Waals surface area (Å²) in [4.78, 5) is 19.2. The maximum absolute atomic E-state index is 12.9. The lowest BCUT2D eigenvalue weighted by molar-refractivity contribution is 0.0676. The first-order valence-corrected chi connectivity index (χ1v) is 13.9. The number of benzene rings is 2. The molecule has 0 radical (unpaired) electrons. The van der Waals surface area contributed by atoms with E-state index in [9.17, 15) is 13.2 Å². The van der Waals surface area contributed by atoms with Gasteiger partial charge >= 0.3 is 0 Å². The Balaban J connectivity index is 1.48. The number of hydrogen-bond acceptors (Lipinski definition) is 5. The summed E-state index contributed by atoms with van der Waals surface area (Å²) in [5.74, 6) is 0.100. The predicted octanol–water partition coefficient (Wildman–Crippen LogP) is 3.47. The van der Waals surface area contributed by atoms with Gasteiger partial charge < -0.3 is 16.0 Å². The number of nitrogens with one attached hydrogen (secondary N) is 2. The van der Waals surface area contributed by atoms with Crippen LogP contribution in [0.25, 0.3) is 10.9 Å². The highest BCUT2D eigenvalue weighted by Crippen LogP contribution is 2.25. The van der Waals surface area contributed by atoms with Crippen molar-refractivity contribution in [3.63, 3.8) is 0 Å². The van der Waals surface area contributed by atoms with Crippen molar-refractivity contribution in [1.29, 1.82) is 5.41 Å². The summed E-state index contributed by atoms with van der Waals surface area (Å²) >= 11 is 0. The predicted molar refractivity (Wildman–Crippen MR) is 149 cm³/mol. The number of likely N-dealkylation sites (tertiary alicyclic amines) is 1. The van der Waals surface area contributed by atoms with E-state index >= 15 is 0 Å². The molecule has 0 bridgehead atoms. The zero-order valence-electron chi connectivity index (χ0n) is 21.1. The molecule has 3 aromatic rings. The lowest BCUT2D eigenvalue weighted by atomic mass is 9.97. The molecule has 37 heavy (non-hydrogen) atoms. The minimum absolute atomic E-state index is 0.0235. The fourth-order valence-corrected chi connectivity index (χ4v) is 5.43. The molecule has 1 amide bonds. The van der Waals surface area contributed by atoms with E-state index in [4.69, 9.17) is 11.1 Å². The van der Waals surface area contributed by atoms with Gasteiger partial charge in [0.2, 0.25) is 16.0 Å². The third-order valence-corrected chi connectivity index (χ3v) is 7.46. The molecule has 194 valence electrons. The fourth-order valence-electron chi connectivity index (χ4n) is 4.62. The van der Waals surface area contributed by atoms with Crippen LogP contribution in [0.2, 0.25) is 0 Å². The van der Waals surface area contributed by atoms with Gasteiger partial charge in [0.05, 0.1) is 17.5 Å². The molecule has 0 aliphatic carbocycles. The van der Waals surface area contributed by atoms with Crippen molar-refractivity contribution >= 4 is 44.2 Å². The molecule has 1 saturated heterocycles. The summed E-state index contributed by atoms with van der Waals surface area (Å²) in [6, 6.07) is 14.1. The van der Waals surface area contributed by atoms with Crippen LogP contribution in [0.1, 0.15) is 35.7 Å². The van der Waals surface area contributed by atoms with E-state index in [2.05, 4.69) is 16.9 Å². The summed E-state index contributed by atoms with van der Waals surface area (Å²) in [6.45, 7) is 7.56. The quantitative estimate of drug-likeness (QED) is 0.260. The summed E-state index contributed by atoms with van der Waals surface area (Å²) in [6.07, 6.45) is 4.49. The normalized spacial score (nSPS) is 16.5. The van der Waals surface area contributed by atoms with Crippen LogP contribution in [0, 0.1) is 11.3 Å². The summed E-state index contributed by atoms with van der Waals surface area (Å²) in [5, 5.41) is 12.2. The Morgan fingerprint density at radius 3 is 2.59 bits per heavy atom. The third-order valence-electron chi connectivity index (χ3n) is 6.44. The first-order chi connectivity index (χ1) is 17.5. The van der Waals surface area contributed by atoms with Crippen molar-refractivity contribution in [2.75, 3.05) is 31.6 Å². The number of nitrogens with two attached hydrogens (primary N) is 1. The Kier molecular flexibility index (Phi) is 7.49. The number of amides is 1. The molecule has 0 spiro atoms. The van der Waals surface area contributed by atoms with E-state index in [0.717, 1.165) is 19.1 Å². The van der Waals surface area contributed by atoms with Crippen LogP contribution >= 0.6 is 0 Å². The van der Waals surface area contributed by atoms with Gasteiger partial charge in [-0.05, 0) is 61.6 Å². The van der Waals surface area contributed by atoms with Crippen molar-refractivity contribution < 1.29 is 13.2 Å². The number of carbonyl (C=O) groups is 1. The van der Waals surface area contributed by atoms with E-state index in [1.54, 1.807) is 43.3 Å². The van der Waals surface area contributed by atoms with Gasteiger partial charge in [0.1, 0.15) is 0 Å². The molecule has 1 atom stereocenters. The minimum Gasteiger partial charge on any atom is -0.399 e. The Hall–Kier alpha value is -3.92. The number of fused-ring (bicyclic) bond motifs is 1. The lowest BCUT2D eigenvalue weighted by Gasteiger charge is -2.33. The number of hydrogen-bond donors (Lipinski definition) is 3. The van der Waals surface area contributed by atoms with Crippen LogP contribution in [-0.2, 0) is 10.0 Å². The number of para-hydroxylation sites is 1. The molecule has 9 nitrogen and oxygen atoms in total. The lowest BCUT2D eigenvalue weighted by Crippen LogP contribution is -2.43. The van der Waals surface area contributed by atoms with Gasteiger partial charge in [-0.25, -0.2) is 17.4 Å². The van der Waals surface area contributed by atoms with E-state index in [-0.39, 0.29) is 17.8 Å². The van der Waals surface area contributed by atoms with Crippen LogP contribution in [0.5, 0.6) is 0 Å². The van der Waals surface area contributed by atoms with Gasteiger partial charge in [0, 0.05) is 48.0 Å². The van der Waals surface area contributed by atoms with Crippen molar-refractivity contribution in [2.45, 2.75) is 19.8 Å². The smallest absolute Gasteiger partial charge is 0.253 e. The molecule has 2 aromatic carbocycles. The molecule has 0 saturated carbocycles. The summed E-state index contributed by atoms with van der Waals surface area (Å²) in [7, 11) is -3.53. The van der Waals surface area contributed by atoms with Crippen molar-refractivity contribution in [2.24, 2.45) is 10.9 Å². The van der Waals surface area contributed by atoms with Gasteiger partial charge in [-0.2, -0.15) is 0 Å². The second kappa shape index (κ2) is 10.6. The van der Waals surface area contributed by atoms with E-state index in [1.807, 2.05) is 17.0 Å².